The summed E-state index contributed by atoms with van der Waals surface area (Å²) in [4.78, 5) is 34.9. The number of benzene rings is 1. The third-order valence-electron chi connectivity index (χ3n) is 3.18. The molecule has 0 aliphatic rings. The predicted octanol–water partition coefficient (Wildman–Crippen LogP) is 1.21. The van der Waals surface area contributed by atoms with Crippen molar-refractivity contribution in [1.82, 2.24) is 4.68 Å². The lowest BCUT2D eigenvalue weighted by atomic mass is 10.1. The summed E-state index contributed by atoms with van der Waals surface area (Å²) in [5.74, 6) is -4.06. The molecule has 0 aliphatic heterocycles. The highest BCUT2D eigenvalue weighted by molar-refractivity contribution is 5.95. The molecule has 1 aromatic heterocycles. The number of aldehydes is 1. The third kappa shape index (κ3) is 2.92. The van der Waals surface area contributed by atoms with Gasteiger partial charge in [-0.2, -0.15) is 4.39 Å². The fourth-order valence-electron chi connectivity index (χ4n) is 2.20. The normalized spacial score (nSPS) is 10.5. The van der Waals surface area contributed by atoms with Crippen molar-refractivity contribution in [2.24, 2.45) is 0 Å². The molecule has 0 saturated heterocycles. The summed E-state index contributed by atoms with van der Waals surface area (Å²) in [6.07, 6.45) is 1.56. The minimum absolute atomic E-state index is 0.0270. The molecule has 0 fully saturated rings. The standard InChI is InChI=1S/C15H14F2N2O5/c1-3-24-15(22)9-7-19(18-4-5-20)12-8(13(9)21)6-10(16)11(17)14(12)23-2/h5-7,18H,3-4H2,1-2H3. The van der Waals surface area contributed by atoms with Crippen molar-refractivity contribution in [2.75, 3.05) is 25.7 Å². The van der Waals surface area contributed by atoms with Gasteiger partial charge in [-0.05, 0) is 13.0 Å². The summed E-state index contributed by atoms with van der Waals surface area (Å²) in [7, 11) is 1.10. The molecule has 0 unspecified atom stereocenters. The average Bonchev–Trinajstić information content (AvgIpc) is 2.56. The van der Waals surface area contributed by atoms with E-state index in [0.717, 1.165) is 18.0 Å². The highest BCUT2D eigenvalue weighted by atomic mass is 19.2. The fourth-order valence-corrected chi connectivity index (χ4v) is 2.20. The summed E-state index contributed by atoms with van der Waals surface area (Å²) < 4.78 is 38.4. The van der Waals surface area contributed by atoms with Gasteiger partial charge < -0.3 is 19.7 Å². The van der Waals surface area contributed by atoms with E-state index in [9.17, 15) is 23.2 Å². The maximum Gasteiger partial charge on any atom is 0.343 e. The highest BCUT2D eigenvalue weighted by Crippen LogP contribution is 2.29. The minimum Gasteiger partial charge on any atom is -0.491 e. The molecular weight excluding hydrogens is 326 g/mol. The maximum atomic E-state index is 13.9. The topological polar surface area (TPSA) is 86.6 Å². The maximum absolute atomic E-state index is 13.9. The van der Waals surface area contributed by atoms with Crippen LogP contribution in [0.1, 0.15) is 17.3 Å². The molecule has 1 aromatic carbocycles. The van der Waals surface area contributed by atoms with Crippen LogP contribution < -0.4 is 15.6 Å². The van der Waals surface area contributed by atoms with E-state index < -0.39 is 34.3 Å². The van der Waals surface area contributed by atoms with Gasteiger partial charge in [0.05, 0.1) is 25.6 Å². The zero-order valence-corrected chi connectivity index (χ0v) is 12.9. The molecule has 1 N–H and O–H groups in total. The van der Waals surface area contributed by atoms with E-state index in [1.54, 1.807) is 6.92 Å². The van der Waals surface area contributed by atoms with Crippen molar-refractivity contribution < 1.29 is 27.8 Å². The number of nitrogens with zero attached hydrogens (tertiary/aromatic N) is 1. The van der Waals surface area contributed by atoms with E-state index in [-0.39, 0.29) is 24.1 Å². The van der Waals surface area contributed by atoms with Crippen LogP contribution in [0.3, 0.4) is 0 Å². The van der Waals surface area contributed by atoms with Crippen LogP contribution in [0.15, 0.2) is 17.1 Å². The van der Waals surface area contributed by atoms with Gasteiger partial charge in [0.25, 0.3) is 0 Å². The van der Waals surface area contributed by atoms with Crippen molar-refractivity contribution in [3.63, 3.8) is 0 Å². The second-order valence-electron chi connectivity index (χ2n) is 4.59. The summed E-state index contributed by atoms with van der Waals surface area (Å²) >= 11 is 0. The van der Waals surface area contributed by atoms with Crippen molar-refractivity contribution in [3.05, 3.63) is 39.7 Å². The molecule has 0 aliphatic carbocycles. The van der Waals surface area contributed by atoms with E-state index >= 15 is 0 Å². The van der Waals surface area contributed by atoms with Gasteiger partial charge in [0.2, 0.25) is 11.2 Å². The Morgan fingerprint density at radius 1 is 1.42 bits per heavy atom. The molecule has 128 valence electrons. The summed E-state index contributed by atoms with van der Waals surface area (Å²) in [6, 6.07) is 0.664. The Morgan fingerprint density at radius 2 is 2.12 bits per heavy atom. The number of rotatable bonds is 6. The van der Waals surface area contributed by atoms with Gasteiger partial charge in [-0.25, -0.2) is 9.18 Å². The van der Waals surface area contributed by atoms with E-state index in [0.29, 0.717) is 12.4 Å². The second kappa shape index (κ2) is 7.07. The number of nitrogens with one attached hydrogen (secondary N) is 1. The van der Waals surface area contributed by atoms with Gasteiger partial charge in [-0.1, -0.05) is 0 Å². The molecule has 9 heteroatoms. The number of hydrogen-bond donors (Lipinski definition) is 1. The summed E-state index contributed by atoms with van der Waals surface area (Å²) in [6.45, 7) is 1.38. The Morgan fingerprint density at radius 3 is 2.71 bits per heavy atom. The third-order valence-corrected chi connectivity index (χ3v) is 3.18. The van der Waals surface area contributed by atoms with Crippen LogP contribution in [0, 0.1) is 11.6 Å². The first-order valence-corrected chi connectivity index (χ1v) is 6.92. The molecule has 0 amide bonds. The van der Waals surface area contributed by atoms with Crippen LogP contribution in [0.25, 0.3) is 10.9 Å². The molecule has 0 radical (unpaired) electrons. The minimum atomic E-state index is -1.31. The Hall–Kier alpha value is -2.97. The monoisotopic (exact) mass is 340 g/mol. The Labute approximate surface area is 134 Å². The quantitative estimate of drug-likeness (QED) is 0.628. The van der Waals surface area contributed by atoms with Crippen molar-refractivity contribution in [2.45, 2.75) is 6.92 Å². The number of carbonyl (C=O) groups is 2. The average molecular weight is 340 g/mol. The first kappa shape index (κ1) is 17.4. The largest absolute Gasteiger partial charge is 0.491 e. The van der Waals surface area contributed by atoms with Crippen molar-refractivity contribution in [1.29, 1.82) is 0 Å². The van der Waals surface area contributed by atoms with Crippen molar-refractivity contribution in [3.8, 4) is 5.75 Å². The molecular formula is C15H14F2N2O5. The first-order valence-electron chi connectivity index (χ1n) is 6.92. The predicted molar refractivity (Wildman–Crippen MR) is 80.9 cm³/mol. The smallest absolute Gasteiger partial charge is 0.343 e. The van der Waals surface area contributed by atoms with Crippen LogP contribution in [0.2, 0.25) is 0 Å². The molecule has 2 aromatic rings. The number of aromatic nitrogens is 1. The molecule has 0 saturated carbocycles. The number of esters is 1. The van der Waals surface area contributed by atoms with Crippen LogP contribution in [0.5, 0.6) is 5.75 Å². The summed E-state index contributed by atoms with van der Waals surface area (Å²) in [5.41, 5.74) is 1.18. The fraction of sp³-hybridized carbons (Fsp3) is 0.267. The zero-order valence-electron chi connectivity index (χ0n) is 12.9. The van der Waals surface area contributed by atoms with Crippen LogP contribution in [-0.4, -0.2) is 37.2 Å². The van der Waals surface area contributed by atoms with E-state index in [1.807, 2.05) is 0 Å². The highest BCUT2D eigenvalue weighted by Gasteiger charge is 2.23. The number of methoxy groups -OCH3 is 1. The number of halogens is 2. The van der Waals surface area contributed by atoms with E-state index in [4.69, 9.17) is 9.47 Å². The van der Waals surface area contributed by atoms with Gasteiger partial charge >= 0.3 is 5.97 Å². The van der Waals surface area contributed by atoms with Crippen molar-refractivity contribution >= 4 is 23.2 Å². The molecule has 24 heavy (non-hydrogen) atoms. The van der Waals surface area contributed by atoms with Gasteiger partial charge in [0.1, 0.15) is 17.4 Å². The lowest BCUT2D eigenvalue weighted by Gasteiger charge is -2.16. The molecule has 0 bridgehead atoms. The molecule has 7 nitrogen and oxygen atoms in total. The Kier molecular flexibility index (Phi) is 5.12. The van der Waals surface area contributed by atoms with Gasteiger partial charge in [0.15, 0.2) is 11.6 Å². The Bertz CT molecular complexity index is 863. The van der Waals surface area contributed by atoms with Gasteiger partial charge in [-0.15, -0.1) is 0 Å². The van der Waals surface area contributed by atoms with E-state index in [1.165, 1.54) is 0 Å². The van der Waals surface area contributed by atoms with Crippen LogP contribution in [0.4, 0.5) is 8.78 Å². The summed E-state index contributed by atoms with van der Waals surface area (Å²) in [5, 5.41) is -0.297. The number of pyridine rings is 1. The molecule has 1 heterocycles. The number of fused-ring (bicyclic) bond motifs is 1. The molecule has 2 rings (SSSR count). The number of ether oxygens (including phenoxy) is 2. The lowest BCUT2D eigenvalue weighted by Crippen LogP contribution is -2.26. The number of carbonyl (C=O) groups excluding carboxylic acids is 2. The van der Waals surface area contributed by atoms with Crippen LogP contribution >= 0.6 is 0 Å². The van der Waals surface area contributed by atoms with Crippen LogP contribution in [-0.2, 0) is 9.53 Å². The van der Waals surface area contributed by atoms with Gasteiger partial charge in [-0.3, -0.25) is 9.47 Å². The zero-order chi connectivity index (χ0) is 17.9. The molecule has 0 atom stereocenters. The number of hydrogen-bond acceptors (Lipinski definition) is 6. The SMILES string of the molecule is CCOC(=O)c1cn(NCC=O)c2c(OC)c(F)c(F)cc2c1=O. The van der Waals surface area contributed by atoms with E-state index in [2.05, 4.69) is 5.43 Å². The molecule has 0 spiro atoms. The second-order valence-corrected chi connectivity index (χ2v) is 4.59. The van der Waals surface area contributed by atoms with Gasteiger partial charge in [0, 0.05) is 6.20 Å². The lowest BCUT2D eigenvalue weighted by molar-refractivity contribution is -0.106. The Balaban J connectivity index is 2.89. The first-order chi connectivity index (χ1) is 11.5.